The van der Waals surface area contributed by atoms with Gasteiger partial charge in [-0.15, -0.1) is 0 Å². The number of halogens is 3. The van der Waals surface area contributed by atoms with Gasteiger partial charge in [-0.3, -0.25) is 4.79 Å². The first-order valence-electron chi connectivity index (χ1n) is 7.32. The Morgan fingerprint density at radius 1 is 1.17 bits per heavy atom. The normalized spacial score (nSPS) is 10.4. The fourth-order valence-electron chi connectivity index (χ4n) is 2.32. The number of anilines is 1. The zero-order chi connectivity index (χ0) is 18.0. The number of rotatable bonds is 2. The van der Waals surface area contributed by atoms with E-state index in [0.29, 0.717) is 0 Å². The number of fused-ring (bicyclic) bond motifs is 1. The van der Waals surface area contributed by atoms with Gasteiger partial charge in [-0.05, 0) is 24.6 Å². The number of ketones is 1. The van der Waals surface area contributed by atoms with Crippen molar-refractivity contribution in [2.24, 2.45) is 0 Å². The van der Waals surface area contributed by atoms with Gasteiger partial charge in [-0.2, -0.15) is 0 Å². The number of aromatic nitrogens is 2. The van der Waals surface area contributed by atoms with Crippen molar-refractivity contribution in [1.29, 1.82) is 0 Å². The van der Waals surface area contributed by atoms with Crippen LogP contribution in [0, 0.1) is 24.4 Å². The number of hydrogen-bond acceptors (Lipinski definition) is 3. The number of aryl methyl sites for hydroxylation is 1. The molecule has 0 saturated heterocycles. The van der Waals surface area contributed by atoms with Crippen molar-refractivity contribution in [2.45, 2.75) is 20.8 Å². The lowest BCUT2D eigenvalue weighted by Crippen LogP contribution is -2.09. The summed E-state index contributed by atoms with van der Waals surface area (Å²) in [6.45, 7) is 5.45. The maximum absolute atomic E-state index is 14.0. The first-order chi connectivity index (χ1) is 11.4. The van der Waals surface area contributed by atoms with E-state index < -0.39 is 28.8 Å². The van der Waals surface area contributed by atoms with Gasteiger partial charge in [0, 0.05) is 11.6 Å². The Kier molecular flexibility index (Phi) is 4.92. The zero-order valence-electron chi connectivity index (χ0n) is 13.4. The predicted octanol–water partition coefficient (Wildman–Crippen LogP) is 4.13. The van der Waals surface area contributed by atoms with Crippen LogP contribution in [-0.2, 0) is 0 Å². The van der Waals surface area contributed by atoms with Crippen molar-refractivity contribution in [3.8, 4) is 0 Å². The Bertz CT molecular complexity index is 919. The average molecular weight is 335 g/mol. The predicted molar refractivity (Wildman–Crippen MR) is 86.3 cm³/mol. The highest BCUT2D eigenvalue weighted by atomic mass is 19.1. The summed E-state index contributed by atoms with van der Waals surface area (Å²) in [5.74, 6) is -3.71. The van der Waals surface area contributed by atoms with E-state index >= 15 is 0 Å². The van der Waals surface area contributed by atoms with Crippen molar-refractivity contribution in [3.63, 3.8) is 0 Å². The quantitative estimate of drug-likeness (QED) is 0.546. The third-order valence-corrected chi connectivity index (χ3v) is 3.49. The molecule has 4 nitrogen and oxygen atoms in total. The average Bonchev–Trinajstić information content (AvgIpc) is 3.01. The number of hydrogen-bond donors (Lipinski definition) is 2. The second kappa shape index (κ2) is 6.74. The highest BCUT2D eigenvalue weighted by molar-refractivity contribution is 6.17. The van der Waals surface area contributed by atoms with Gasteiger partial charge in [0.2, 0.25) is 5.78 Å². The fraction of sp³-hybridized carbons (Fsp3) is 0.176. The monoisotopic (exact) mass is 335 g/mol. The summed E-state index contributed by atoms with van der Waals surface area (Å²) in [5.41, 5.74) is 4.61. The third-order valence-electron chi connectivity index (χ3n) is 3.49. The summed E-state index contributed by atoms with van der Waals surface area (Å²) in [5, 5.41) is 0.186. The van der Waals surface area contributed by atoms with Gasteiger partial charge in [0.25, 0.3) is 0 Å². The van der Waals surface area contributed by atoms with E-state index in [4.69, 9.17) is 5.73 Å². The second-order valence-electron chi connectivity index (χ2n) is 4.81. The summed E-state index contributed by atoms with van der Waals surface area (Å²) in [6.07, 6.45) is 2.25. The maximum atomic E-state index is 14.0. The highest BCUT2D eigenvalue weighted by Crippen LogP contribution is 2.27. The topological polar surface area (TPSA) is 71.8 Å². The number of carbonyl (C=O) groups excluding carboxylic acids is 1. The van der Waals surface area contributed by atoms with E-state index in [2.05, 4.69) is 9.97 Å². The van der Waals surface area contributed by atoms with Crippen LogP contribution in [0.1, 0.15) is 35.3 Å². The number of nitrogens with zero attached hydrogens (tertiary/aromatic N) is 1. The van der Waals surface area contributed by atoms with Gasteiger partial charge in [0.1, 0.15) is 17.3 Å². The molecule has 126 valence electrons. The van der Waals surface area contributed by atoms with Crippen LogP contribution >= 0.6 is 0 Å². The summed E-state index contributed by atoms with van der Waals surface area (Å²) >= 11 is 0. The molecule has 0 aliphatic carbocycles. The molecule has 3 rings (SSSR count). The molecule has 24 heavy (non-hydrogen) atoms. The van der Waals surface area contributed by atoms with Crippen LogP contribution in [0.3, 0.4) is 0 Å². The molecule has 3 aromatic rings. The Labute approximate surface area is 136 Å². The summed E-state index contributed by atoms with van der Waals surface area (Å²) in [6, 6.07) is 1.94. The number of nitrogen functional groups attached to an aromatic ring is 1. The Balaban J connectivity index is 0.00000100. The molecule has 3 N–H and O–H groups in total. The molecule has 0 radical (unpaired) electrons. The largest absolute Gasteiger partial charge is 0.396 e. The number of nitrogens with two attached hydrogens (primary N) is 1. The molecule has 0 aliphatic rings. The molecular weight excluding hydrogens is 319 g/mol. The molecule has 7 heteroatoms. The molecule has 2 aromatic heterocycles. The van der Waals surface area contributed by atoms with Gasteiger partial charge in [0.15, 0.2) is 5.82 Å². The lowest BCUT2D eigenvalue weighted by molar-refractivity contribution is 0.103. The molecule has 0 unspecified atom stereocenters. The number of pyridine rings is 1. The fourth-order valence-corrected chi connectivity index (χ4v) is 2.32. The van der Waals surface area contributed by atoms with Crippen LogP contribution in [0.15, 0.2) is 24.5 Å². The van der Waals surface area contributed by atoms with Crippen LogP contribution in [0.25, 0.3) is 11.0 Å². The molecule has 0 fully saturated rings. The highest BCUT2D eigenvalue weighted by Gasteiger charge is 2.24. The zero-order valence-corrected chi connectivity index (χ0v) is 13.4. The van der Waals surface area contributed by atoms with E-state index in [1.54, 1.807) is 0 Å². The standard InChI is InChI=1S/C15H10F3N3O.C2H6/c1-6-9(17)5-21-15-11(6)7(4-20-15)14(22)12-8(16)2-3-10(19)13(12)18;1-2/h2-5H,19H2,1H3,(H,20,21);1-2H3. The molecule has 0 aliphatic heterocycles. The van der Waals surface area contributed by atoms with Gasteiger partial charge < -0.3 is 10.7 Å². The van der Waals surface area contributed by atoms with E-state index in [1.807, 2.05) is 13.8 Å². The molecular formula is C17H16F3N3O. The lowest BCUT2D eigenvalue weighted by Gasteiger charge is -2.06. The Morgan fingerprint density at radius 2 is 1.83 bits per heavy atom. The number of nitrogens with one attached hydrogen (secondary N) is 1. The van der Waals surface area contributed by atoms with E-state index in [0.717, 1.165) is 18.3 Å². The second-order valence-corrected chi connectivity index (χ2v) is 4.81. The number of H-pyrrole nitrogens is 1. The van der Waals surface area contributed by atoms with Gasteiger partial charge >= 0.3 is 0 Å². The van der Waals surface area contributed by atoms with Crippen molar-refractivity contribution >= 4 is 22.5 Å². The minimum absolute atomic E-state index is 0.0668. The molecule has 2 heterocycles. The van der Waals surface area contributed by atoms with Crippen LogP contribution in [-0.4, -0.2) is 15.8 Å². The Hall–Kier alpha value is -2.83. The van der Waals surface area contributed by atoms with Crippen molar-refractivity contribution in [3.05, 3.63) is 58.7 Å². The molecule has 0 atom stereocenters. The summed E-state index contributed by atoms with van der Waals surface area (Å²) < 4.78 is 41.5. The van der Waals surface area contributed by atoms with Gasteiger partial charge in [-0.1, -0.05) is 13.8 Å². The lowest BCUT2D eigenvalue weighted by atomic mass is 9.99. The minimum atomic E-state index is -1.14. The number of carbonyl (C=O) groups is 1. The van der Waals surface area contributed by atoms with E-state index in [-0.39, 0.29) is 27.8 Å². The van der Waals surface area contributed by atoms with Crippen LogP contribution in [0.2, 0.25) is 0 Å². The molecule has 1 aromatic carbocycles. The summed E-state index contributed by atoms with van der Waals surface area (Å²) in [7, 11) is 0. The molecule has 0 amide bonds. The van der Waals surface area contributed by atoms with Gasteiger partial charge in [0.05, 0.1) is 23.0 Å². The SMILES string of the molecule is CC.Cc1c(F)cnc2[nH]cc(C(=O)c3c(F)ccc(N)c3F)c12. The van der Waals surface area contributed by atoms with E-state index in [9.17, 15) is 18.0 Å². The van der Waals surface area contributed by atoms with Crippen molar-refractivity contribution in [1.82, 2.24) is 9.97 Å². The van der Waals surface area contributed by atoms with Crippen molar-refractivity contribution in [2.75, 3.05) is 5.73 Å². The summed E-state index contributed by atoms with van der Waals surface area (Å²) in [4.78, 5) is 19.0. The van der Waals surface area contributed by atoms with Gasteiger partial charge in [-0.25, -0.2) is 18.2 Å². The van der Waals surface area contributed by atoms with Crippen LogP contribution in [0.5, 0.6) is 0 Å². The number of aromatic amines is 1. The smallest absolute Gasteiger partial charge is 0.201 e. The first-order valence-corrected chi connectivity index (χ1v) is 7.32. The van der Waals surface area contributed by atoms with Crippen LogP contribution < -0.4 is 5.73 Å². The maximum Gasteiger partial charge on any atom is 0.201 e. The van der Waals surface area contributed by atoms with Crippen molar-refractivity contribution < 1.29 is 18.0 Å². The molecule has 0 bridgehead atoms. The number of benzene rings is 1. The first kappa shape index (κ1) is 17.5. The Morgan fingerprint density at radius 3 is 2.50 bits per heavy atom. The third kappa shape index (κ3) is 2.73. The minimum Gasteiger partial charge on any atom is -0.396 e. The van der Waals surface area contributed by atoms with Crippen LogP contribution in [0.4, 0.5) is 18.9 Å². The molecule has 0 saturated carbocycles. The molecule has 0 spiro atoms. The van der Waals surface area contributed by atoms with E-state index in [1.165, 1.54) is 13.1 Å².